The first-order valence-electron chi connectivity index (χ1n) is 3.51. The summed E-state index contributed by atoms with van der Waals surface area (Å²) in [5.41, 5.74) is 1.32. The molecule has 0 amide bonds. The first kappa shape index (κ1) is 21.6. The molecule has 1 aromatic rings. The van der Waals surface area contributed by atoms with Gasteiger partial charge in [0.2, 0.25) is 0 Å². The molecular weight excluding hydrogens is 284 g/mol. The topological polar surface area (TPSA) is 114 Å². The summed E-state index contributed by atoms with van der Waals surface area (Å²) in [4.78, 5) is 0. The molecule has 0 N–H and O–H groups in total. The number of rotatable bonds is 0. The molecule has 1 aromatic carbocycles. The molecule has 88 valence electrons. The molecule has 0 radical (unpaired) electrons. The maximum atomic E-state index is 8.48. The second-order valence-electron chi connectivity index (χ2n) is 2.10. The first-order valence-corrected chi connectivity index (χ1v) is 5.70. The van der Waals surface area contributed by atoms with Gasteiger partial charge in [-0.05, 0) is 6.92 Å². The van der Waals surface area contributed by atoms with Crippen molar-refractivity contribution in [2.75, 3.05) is 0 Å². The van der Waals surface area contributed by atoms with Crippen molar-refractivity contribution in [2.24, 2.45) is 0 Å². The molecule has 0 unspecified atom stereocenters. The zero-order chi connectivity index (χ0) is 12.3. The van der Waals surface area contributed by atoms with E-state index in [0.29, 0.717) is 0 Å². The number of benzene rings is 1. The fourth-order valence-corrected chi connectivity index (χ4v) is 0.534. The molecule has 0 fully saturated rings. The molecule has 9 heteroatoms. The Labute approximate surface area is 127 Å². The third-order valence-corrected chi connectivity index (χ3v) is 0.940. The van der Waals surface area contributed by atoms with Crippen LogP contribution in [-0.4, -0.2) is 63.7 Å². The van der Waals surface area contributed by atoms with Crippen LogP contribution < -0.4 is 0 Å². The maximum Gasteiger partial charge on any atom is 2.00 e. The minimum absolute atomic E-state index is 0. The minimum atomic E-state index is -3.37. The molecule has 0 aliphatic heterocycles. The van der Waals surface area contributed by atoms with Crippen molar-refractivity contribution in [3.05, 3.63) is 35.9 Å². The molecular formula is C7H10CaO6S2. The van der Waals surface area contributed by atoms with Crippen molar-refractivity contribution in [1.29, 1.82) is 0 Å². The van der Waals surface area contributed by atoms with Gasteiger partial charge < -0.3 is 9.11 Å². The second kappa shape index (κ2) is 15.3. The van der Waals surface area contributed by atoms with Crippen LogP contribution in [0.15, 0.2) is 30.3 Å². The molecule has 0 aliphatic carbocycles. The van der Waals surface area contributed by atoms with Crippen LogP contribution >= 0.6 is 0 Å². The molecule has 16 heavy (non-hydrogen) atoms. The molecule has 0 saturated heterocycles. The summed E-state index contributed by atoms with van der Waals surface area (Å²) in [6.45, 7) is 2.08. The Hall–Kier alpha value is 0.300. The van der Waals surface area contributed by atoms with E-state index in [4.69, 9.17) is 25.9 Å². The van der Waals surface area contributed by atoms with E-state index in [9.17, 15) is 0 Å². The summed E-state index contributed by atoms with van der Waals surface area (Å²) in [5, 5.41) is 0. The van der Waals surface area contributed by atoms with Gasteiger partial charge in [-0.2, -0.15) is 0 Å². The SMILES string of the molecule is Cc1ccccc1.O=[SH](=O)[O-].O=[SH](=O)[O-].[Ca+2]. The van der Waals surface area contributed by atoms with Crippen LogP contribution in [0.1, 0.15) is 5.56 Å². The Kier molecular flexibility index (Phi) is 20.6. The molecule has 0 atom stereocenters. The molecule has 1 rings (SSSR count). The Morgan fingerprint density at radius 1 is 0.875 bits per heavy atom. The molecule has 6 nitrogen and oxygen atoms in total. The van der Waals surface area contributed by atoms with E-state index >= 15 is 0 Å². The summed E-state index contributed by atoms with van der Waals surface area (Å²) in [6, 6.07) is 10.3. The minimum Gasteiger partial charge on any atom is -0.750 e. The Bertz CT molecular complexity index is 351. The summed E-state index contributed by atoms with van der Waals surface area (Å²) >= 11 is 0. The van der Waals surface area contributed by atoms with Crippen molar-refractivity contribution >= 4 is 59.7 Å². The van der Waals surface area contributed by atoms with Gasteiger partial charge in [0.25, 0.3) is 0 Å². The smallest absolute Gasteiger partial charge is 0.750 e. The van der Waals surface area contributed by atoms with Gasteiger partial charge in [-0.25, -0.2) is 16.8 Å². The van der Waals surface area contributed by atoms with Gasteiger partial charge >= 0.3 is 37.7 Å². The second-order valence-corrected chi connectivity index (χ2v) is 3.00. The van der Waals surface area contributed by atoms with E-state index in [0.717, 1.165) is 0 Å². The first-order chi connectivity index (χ1) is 6.86. The normalized spacial score (nSPS) is 8.06. The summed E-state index contributed by atoms with van der Waals surface area (Å²) < 4.78 is 50.9. The van der Waals surface area contributed by atoms with Gasteiger partial charge in [0.1, 0.15) is 0 Å². The molecule has 0 aliphatic rings. The fraction of sp³-hybridized carbons (Fsp3) is 0.143. The Morgan fingerprint density at radius 2 is 1.12 bits per heavy atom. The van der Waals surface area contributed by atoms with Crippen molar-refractivity contribution in [2.45, 2.75) is 6.92 Å². The Balaban J connectivity index is -0.000000166. The van der Waals surface area contributed by atoms with Crippen LogP contribution in [0.5, 0.6) is 0 Å². The van der Waals surface area contributed by atoms with Crippen LogP contribution in [-0.2, 0) is 22.0 Å². The van der Waals surface area contributed by atoms with Crippen molar-refractivity contribution in [3.63, 3.8) is 0 Å². The van der Waals surface area contributed by atoms with E-state index in [1.807, 2.05) is 18.2 Å². The molecule has 0 heterocycles. The van der Waals surface area contributed by atoms with E-state index < -0.39 is 22.0 Å². The van der Waals surface area contributed by atoms with Crippen LogP contribution in [0.4, 0.5) is 0 Å². The standard InChI is InChI=1S/C7H8.Ca.2H2O3S/c1-7-5-3-2-4-6-7;;2*1-4(2)3/h2-6H,1H3;;2*4H,(H,1,2,3)/q;+2;;/p-2. The van der Waals surface area contributed by atoms with Gasteiger partial charge in [-0.3, -0.25) is 0 Å². The molecule has 0 saturated carbocycles. The third kappa shape index (κ3) is 36.7. The third-order valence-electron chi connectivity index (χ3n) is 0.940. The van der Waals surface area contributed by atoms with E-state index in [1.54, 1.807) is 0 Å². The van der Waals surface area contributed by atoms with E-state index in [2.05, 4.69) is 19.1 Å². The number of aryl methyl sites for hydroxylation is 1. The van der Waals surface area contributed by atoms with Crippen LogP contribution in [0.3, 0.4) is 0 Å². The largest absolute Gasteiger partial charge is 2.00 e. The number of hydrogen-bond donors (Lipinski definition) is 2. The molecule has 0 bridgehead atoms. The van der Waals surface area contributed by atoms with Gasteiger partial charge in [-0.15, -0.1) is 0 Å². The Morgan fingerprint density at radius 3 is 1.25 bits per heavy atom. The zero-order valence-corrected chi connectivity index (χ0v) is 12.4. The van der Waals surface area contributed by atoms with Crippen LogP contribution in [0.2, 0.25) is 0 Å². The maximum absolute atomic E-state index is 8.48. The van der Waals surface area contributed by atoms with E-state index in [-0.39, 0.29) is 37.7 Å². The molecule has 0 spiro atoms. The van der Waals surface area contributed by atoms with Gasteiger partial charge in [0.05, 0.1) is 22.0 Å². The van der Waals surface area contributed by atoms with Crippen molar-refractivity contribution in [3.8, 4) is 0 Å². The van der Waals surface area contributed by atoms with Gasteiger partial charge in [0, 0.05) is 0 Å². The van der Waals surface area contributed by atoms with Crippen LogP contribution in [0.25, 0.3) is 0 Å². The monoisotopic (exact) mass is 294 g/mol. The predicted molar refractivity (Wildman–Crippen MR) is 59.1 cm³/mol. The van der Waals surface area contributed by atoms with E-state index in [1.165, 1.54) is 5.56 Å². The summed E-state index contributed by atoms with van der Waals surface area (Å²) in [7, 11) is -6.74. The summed E-state index contributed by atoms with van der Waals surface area (Å²) in [6.07, 6.45) is 0. The molecule has 0 aromatic heterocycles. The quantitative estimate of drug-likeness (QED) is 0.363. The van der Waals surface area contributed by atoms with Crippen LogP contribution in [0, 0.1) is 6.92 Å². The summed E-state index contributed by atoms with van der Waals surface area (Å²) in [5.74, 6) is 0. The zero-order valence-electron chi connectivity index (χ0n) is 8.44. The van der Waals surface area contributed by atoms with Crippen molar-refractivity contribution < 1.29 is 25.9 Å². The average Bonchev–Trinajstić information content (AvgIpc) is 2.03. The fourth-order valence-electron chi connectivity index (χ4n) is 0.534. The predicted octanol–water partition coefficient (Wildman–Crippen LogP) is -0.929. The number of hydrogen-bond acceptors (Lipinski definition) is 6. The van der Waals surface area contributed by atoms with Crippen molar-refractivity contribution in [1.82, 2.24) is 0 Å². The van der Waals surface area contributed by atoms with Gasteiger partial charge in [-0.1, -0.05) is 35.9 Å². The number of thiol groups is 2. The van der Waals surface area contributed by atoms with Gasteiger partial charge in [0.15, 0.2) is 0 Å². The average molecular weight is 294 g/mol.